The van der Waals surface area contributed by atoms with Crippen LogP contribution in [0.4, 0.5) is 0 Å². The first-order valence-electron chi connectivity index (χ1n) is 8.61. The van der Waals surface area contributed by atoms with Gasteiger partial charge in [0.05, 0.1) is 19.3 Å². The van der Waals surface area contributed by atoms with Gasteiger partial charge < -0.3 is 10.1 Å². The first kappa shape index (κ1) is 17.4. The Kier molecular flexibility index (Phi) is 5.99. The maximum absolute atomic E-state index is 5.14. The molecule has 25 heavy (non-hydrogen) atoms. The van der Waals surface area contributed by atoms with E-state index in [9.17, 15) is 0 Å². The highest BCUT2D eigenvalue weighted by molar-refractivity contribution is 5.22. The molecule has 3 rings (SSSR count). The second-order valence-corrected chi connectivity index (χ2v) is 6.31. The van der Waals surface area contributed by atoms with E-state index >= 15 is 0 Å². The quantitative estimate of drug-likeness (QED) is 0.678. The van der Waals surface area contributed by atoms with Crippen molar-refractivity contribution < 1.29 is 4.74 Å². The summed E-state index contributed by atoms with van der Waals surface area (Å²) in [5.74, 6) is 0. The number of methoxy groups -OCH3 is 1. The van der Waals surface area contributed by atoms with Crippen molar-refractivity contribution in [2.75, 3.05) is 7.11 Å². The zero-order valence-corrected chi connectivity index (χ0v) is 14.9. The van der Waals surface area contributed by atoms with Crippen LogP contribution in [0.15, 0.2) is 67.0 Å². The second-order valence-electron chi connectivity index (χ2n) is 6.31. The van der Waals surface area contributed by atoms with Crippen LogP contribution in [0.5, 0.6) is 0 Å². The summed E-state index contributed by atoms with van der Waals surface area (Å²) in [6.07, 6.45) is 4.06. The van der Waals surface area contributed by atoms with Crippen molar-refractivity contribution in [3.63, 3.8) is 0 Å². The van der Waals surface area contributed by atoms with Crippen molar-refractivity contribution in [3.05, 3.63) is 89.2 Å². The van der Waals surface area contributed by atoms with E-state index in [2.05, 4.69) is 72.1 Å². The van der Waals surface area contributed by atoms with E-state index in [0.717, 1.165) is 13.1 Å². The van der Waals surface area contributed by atoms with Gasteiger partial charge in [0, 0.05) is 31.5 Å². The number of rotatable bonds is 8. The third-order valence-corrected chi connectivity index (χ3v) is 4.29. The lowest BCUT2D eigenvalue weighted by Gasteiger charge is -2.12. The number of benzene rings is 2. The molecule has 3 aromatic rings. The van der Waals surface area contributed by atoms with Crippen LogP contribution in [0.1, 0.15) is 35.2 Å². The van der Waals surface area contributed by atoms with Gasteiger partial charge in [-0.15, -0.1) is 0 Å². The molecule has 130 valence electrons. The molecule has 0 aliphatic carbocycles. The minimum atomic E-state index is 0.253. The maximum Gasteiger partial charge on any atom is 0.0713 e. The normalized spacial score (nSPS) is 12.2. The molecule has 4 heteroatoms. The van der Waals surface area contributed by atoms with E-state index < -0.39 is 0 Å². The molecule has 0 spiro atoms. The minimum Gasteiger partial charge on any atom is -0.380 e. The molecule has 0 saturated carbocycles. The van der Waals surface area contributed by atoms with Crippen LogP contribution in [0.25, 0.3) is 0 Å². The molecule has 1 atom stereocenters. The first-order chi connectivity index (χ1) is 12.2. The van der Waals surface area contributed by atoms with Gasteiger partial charge in [0.1, 0.15) is 0 Å². The minimum absolute atomic E-state index is 0.253. The van der Waals surface area contributed by atoms with Crippen molar-refractivity contribution in [1.29, 1.82) is 0 Å². The SMILES string of the molecule is COCc1ccc(CN[C@H](C)c2cnn(Cc3ccccc3)c2)cc1. The summed E-state index contributed by atoms with van der Waals surface area (Å²) < 4.78 is 7.13. The van der Waals surface area contributed by atoms with Gasteiger partial charge in [-0.2, -0.15) is 5.10 Å². The predicted molar refractivity (Wildman–Crippen MR) is 100 cm³/mol. The Hall–Kier alpha value is -2.43. The standard InChI is InChI=1S/C21H25N3O/c1-17(22-12-18-8-10-20(11-9-18)16-25-2)21-13-23-24(15-21)14-19-6-4-3-5-7-19/h3-11,13,15,17,22H,12,14,16H2,1-2H3/t17-/m1/s1. The molecule has 0 unspecified atom stereocenters. The topological polar surface area (TPSA) is 39.1 Å². The molecule has 0 aliphatic heterocycles. The molecule has 0 aliphatic rings. The van der Waals surface area contributed by atoms with E-state index in [4.69, 9.17) is 4.74 Å². The molecule has 1 N–H and O–H groups in total. The van der Waals surface area contributed by atoms with E-state index in [1.54, 1.807) is 7.11 Å². The van der Waals surface area contributed by atoms with Gasteiger partial charge >= 0.3 is 0 Å². The Labute approximate surface area is 149 Å². The molecule has 1 aromatic heterocycles. The summed E-state index contributed by atoms with van der Waals surface area (Å²) in [4.78, 5) is 0. The van der Waals surface area contributed by atoms with Crippen molar-refractivity contribution in [2.24, 2.45) is 0 Å². The van der Waals surface area contributed by atoms with Gasteiger partial charge in [-0.1, -0.05) is 54.6 Å². The molecule has 4 nitrogen and oxygen atoms in total. The van der Waals surface area contributed by atoms with Gasteiger partial charge in [-0.05, 0) is 23.6 Å². The van der Waals surface area contributed by atoms with E-state index in [0.29, 0.717) is 6.61 Å². The largest absolute Gasteiger partial charge is 0.380 e. The monoisotopic (exact) mass is 335 g/mol. The summed E-state index contributed by atoms with van der Waals surface area (Å²) in [7, 11) is 1.72. The number of ether oxygens (including phenoxy) is 1. The Balaban J connectivity index is 1.53. The summed E-state index contributed by atoms with van der Waals surface area (Å²) in [5.41, 5.74) is 4.92. The lowest BCUT2D eigenvalue weighted by atomic mass is 10.1. The van der Waals surface area contributed by atoms with Crippen molar-refractivity contribution in [1.82, 2.24) is 15.1 Å². The first-order valence-corrected chi connectivity index (χ1v) is 8.61. The van der Waals surface area contributed by atoms with Gasteiger partial charge in [-0.3, -0.25) is 4.68 Å². The highest BCUT2D eigenvalue weighted by atomic mass is 16.5. The third-order valence-electron chi connectivity index (χ3n) is 4.29. The zero-order chi connectivity index (χ0) is 17.5. The molecule has 0 amide bonds. The average molecular weight is 335 g/mol. The molecule has 0 saturated heterocycles. The van der Waals surface area contributed by atoms with Crippen LogP contribution in [0.2, 0.25) is 0 Å². The van der Waals surface area contributed by atoms with Crippen molar-refractivity contribution >= 4 is 0 Å². The average Bonchev–Trinajstić information content (AvgIpc) is 3.10. The Morgan fingerprint density at radius 2 is 1.72 bits per heavy atom. The van der Waals surface area contributed by atoms with Crippen LogP contribution in [0.3, 0.4) is 0 Å². The van der Waals surface area contributed by atoms with Gasteiger partial charge in [-0.25, -0.2) is 0 Å². The molecular formula is C21H25N3O. The van der Waals surface area contributed by atoms with Crippen LogP contribution < -0.4 is 5.32 Å². The molecule has 0 fully saturated rings. The molecule has 0 radical (unpaired) electrons. The molecule has 1 heterocycles. The summed E-state index contributed by atoms with van der Waals surface area (Å²) in [6, 6.07) is 19.2. The van der Waals surface area contributed by atoms with Crippen LogP contribution in [0, 0.1) is 0 Å². The Bertz CT molecular complexity index is 765. The highest BCUT2D eigenvalue weighted by Crippen LogP contribution is 2.14. The third kappa shape index (κ3) is 5.02. The fourth-order valence-electron chi connectivity index (χ4n) is 2.77. The zero-order valence-electron chi connectivity index (χ0n) is 14.9. The van der Waals surface area contributed by atoms with Crippen molar-refractivity contribution in [2.45, 2.75) is 32.7 Å². The Morgan fingerprint density at radius 1 is 1.00 bits per heavy atom. The maximum atomic E-state index is 5.14. The van der Waals surface area contributed by atoms with Gasteiger partial charge in [0.25, 0.3) is 0 Å². The second kappa shape index (κ2) is 8.60. The van der Waals surface area contributed by atoms with E-state index in [-0.39, 0.29) is 6.04 Å². The fraction of sp³-hybridized carbons (Fsp3) is 0.286. The van der Waals surface area contributed by atoms with Gasteiger partial charge in [0.2, 0.25) is 0 Å². The highest BCUT2D eigenvalue weighted by Gasteiger charge is 2.08. The number of hydrogen-bond acceptors (Lipinski definition) is 3. The number of hydrogen-bond donors (Lipinski definition) is 1. The van der Waals surface area contributed by atoms with E-state index in [1.165, 1.54) is 22.3 Å². The summed E-state index contributed by atoms with van der Waals surface area (Å²) in [6.45, 7) is 4.46. The van der Waals surface area contributed by atoms with Crippen LogP contribution in [-0.4, -0.2) is 16.9 Å². The number of nitrogens with one attached hydrogen (secondary N) is 1. The lowest BCUT2D eigenvalue weighted by Crippen LogP contribution is -2.17. The number of nitrogens with zero attached hydrogens (tertiary/aromatic N) is 2. The molecule has 0 bridgehead atoms. The summed E-state index contributed by atoms with van der Waals surface area (Å²) >= 11 is 0. The molecule has 2 aromatic carbocycles. The Morgan fingerprint density at radius 3 is 2.44 bits per heavy atom. The van der Waals surface area contributed by atoms with Crippen molar-refractivity contribution in [3.8, 4) is 0 Å². The van der Waals surface area contributed by atoms with E-state index in [1.807, 2.05) is 16.9 Å². The van der Waals surface area contributed by atoms with Gasteiger partial charge in [0.15, 0.2) is 0 Å². The predicted octanol–water partition coefficient (Wildman–Crippen LogP) is 3.93. The van der Waals surface area contributed by atoms with Crippen LogP contribution >= 0.6 is 0 Å². The fourth-order valence-corrected chi connectivity index (χ4v) is 2.77. The smallest absolute Gasteiger partial charge is 0.0713 e. The number of aromatic nitrogens is 2. The lowest BCUT2D eigenvalue weighted by molar-refractivity contribution is 0.185. The molecular weight excluding hydrogens is 310 g/mol. The van der Waals surface area contributed by atoms with Crippen LogP contribution in [-0.2, 0) is 24.4 Å². The summed E-state index contributed by atoms with van der Waals surface area (Å²) in [5, 5.41) is 8.04.